The monoisotopic (exact) mass is 465 g/mol. The third-order valence-corrected chi connectivity index (χ3v) is 6.38. The fourth-order valence-electron chi connectivity index (χ4n) is 2.66. The molecule has 1 saturated heterocycles. The molecule has 2 heterocycles. The number of ether oxygens (including phenoxy) is 2. The second-order valence-electron chi connectivity index (χ2n) is 6.44. The maximum Gasteiger partial charge on any atom is 0.331 e. The highest BCUT2D eigenvalue weighted by Gasteiger charge is 2.25. The van der Waals surface area contributed by atoms with Crippen LogP contribution in [-0.2, 0) is 29.1 Å². The van der Waals surface area contributed by atoms with Crippen molar-refractivity contribution in [3.05, 3.63) is 59.3 Å². The Balaban J connectivity index is 1.50. The van der Waals surface area contributed by atoms with E-state index in [1.165, 1.54) is 34.8 Å². The van der Waals surface area contributed by atoms with Gasteiger partial charge in [0, 0.05) is 25.4 Å². The molecule has 1 N–H and O–H groups in total. The fraction of sp³-hybridized carbons (Fsp3) is 0.250. The van der Waals surface area contributed by atoms with E-state index in [2.05, 4.69) is 10.3 Å². The molecule has 164 valence electrons. The summed E-state index contributed by atoms with van der Waals surface area (Å²) in [6.45, 7) is 0.895. The average Bonchev–Trinajstić information content (AvgIpc) is 2.79. The van der Waals surface area contributed by atoms with Crippen LogP contribution in [0, 0.1) is 0 Å². The van der Waals surface area contributed by atoms with Crippen LogP contribution in [0.4, 0.5) is 5.82 Å². The van der Waals surface area contributed by atoms with Crippen LogP contribution in [0.2, 0.25) is 5.02 Å². The topological polar surface area (TPSA) is 115 Å². The number of amides is 1. The van der Waals surface area contributed by atoms with E-state index >= 15 is 0 Å². The molecular formula is C20H20ClN3O6S. The number of rotatable bonds is 7. The van der Waals surface area contributed by atoms with Gasteiger partial charge in [0.15, 0.2) is 6.61 Å². The molecule has 1 aromatic heterocycles. The van der Waals surface area contributed by atoms with E-state index in [0.29, 0.717) is 36.9 Å². The van der Waals surface area contributed by atoms with Crippen LogP contribution >= 0.6 is 11.6 Å². The van der Waals surface area contributed by atoms with E-state index < -0.39 is 28.5 Å². The van der Waals surface area contributed by atoms with Crippen LogP contribution in [0.25, 0.3) is 6.08 Å². The molecule has 0 atom stereocenters. The Morgan fingerprint density at radius 2 is 1.87 bits per heavy atom. The van der Waals surface area contributed by atoms with Gasteiger partial charge in [-0.15, -0.1) is 0 Å². The van der Waals surface area contributed by atoms with Gasteiger partial charge in [-0.25, -0.2) is 18.2 Å². The molecule has 1 aromatic carbocycles. The average molecular weight is 466 g/mol. The van der Waals surface area contributed by atoms with E-state index in [1.54, 1.807) is 18.2 Å². The van der Waals surface area contributed by atoms with Crippen molar-refractivity contribution in [1.29, 1.82) is 0 Å². The lowest BCUT2D eigenvalue weighted by Gasteiger charge is -2.26. The first-order valence-electron chi connectivity index (χ1n) is 9.29. The Hall–Kier alpha value is -2.79. The van der Waals surface area contributed by atoms with Crippen molar-refractivity contribution < 1.29 is 27.5 Å². The van der Waals surface area contributed by atoms with Crippen LogP contribution in [-0.4, -0.2) is 62.5 Å². The van der Waals surface area contributed by atoms with Gasteiger partial charge in [0.1, 0.15) is 5.82 Å². The van der Waals surface area contributed by atoms with Crippen LogP contribution < -0.4 is 5.32 Å². The molecule has 2 aromatic rings. The molecule has 1 aliphatic rings. The predicted molar refractivity (Wildman–Crippen MR) is 114 cm³/mol. The van der Waals surface area contributed by atoms with Gasteiger partial charge in [-0.05, 0) is 35.9 Å². The van der Waals surface area contributed by atoms with Gasteiger partial charge in [0.2, 0.25) is 10.0 Å². The Kier molecular flexibility index (Phi) is 7.75. The minimum absolute atomic E-state index is 0.168. The molecule has 1 aliphatic heterocycles. The molecule has 11 heteroatoms. The van der Waals surface area contributed by atoms with Crippen LogP contribution in [0.5, 0.6) is 0 Å². The number of hydrogen-bond donors (Lipinski definition) is 1. The number of carbonyl (C=O) groups excluding carboxylic acids is 2. The van der Waals surface area contributed by atoms with Gasteiger partial charge < -0.3 is 14.8 Å². The van der Waals surface area contributed by atoms with Gasteiger partial charge in [-0.3, -0.25) is 4.79 Å². The number of halogens is 1. The smallest absolute Gasteiger partial charge is 0.331 e. The van der Waals surface area contributed by atoms with E-state index in [1.807, 2.05) is 0 Å². The minimum Gasteiger partial charge on any atom is -0.452 e. The SMILES string of the molecule is O=C(COC(=O)/C=C/c1ccc(S(=O)(=O)N2CCOCC2)cc1)Nc1ccc(Cl)cn1. The summed E-state index contributed by atoms with van der Waals surface area (Å²) in [5, 5.41) is 2.90. The predicted octanol–water partition coefficient (Wildman–Crippen LogP) is 1.95. The number of sulfonamides is 1. The van der Waals surface area contributed by atoms with Crippen molar-refractivity contribution >= 4 is 45.4 Å². The molecule has 0 unspecified atom stereocenters. The lowest BCUT2D eigenvalue weighted by molar-refractivity contribution is -0.142. The first kappa shape index (κ1) is 22.9. The van der Waals surface area contributed by atoms with Gasteiger partial charge in [-0.2, -0.15) is 4.31 Å². The normalized spacial score (nSPS) is 15.0. The number of aromatic nitrogens is 1. The summed E-state index contributed by atoms with van der Waals surface area (Å²) < 4.78 is 36.6. The molecule has 0 aliphatic carbocycles. The molecular weight excluding hydrogens is 446 g/mol. The quantitative estimate of drug-likeness (QED) is 0.491. The van der Waals surface area contributed by atoms with E-state index in [4.69, 9.17) is 21.1 Å². The second kappa shape index (κ2) is 10.5. The zero-order valence-corrected chi connectivity index (χ0v) is 17.9. The highest BCUT2D eigenvalue weighted by atomic mass is 35.5. The number of morpholine rings is 1. The van der Waals surface area contributed by atoms with Gasteiger partial charge >= 0.3 is 5.97 Å². The number of carbonyl (C=O) groups is 2. The Bertz CT molecular complexity index is 1050. The first-order valence-corrected chi connectivity index (χ1v) is 11.1. The van der Waals surface area contributed by atoms with Crippen LogP contribution in [0.15, 0.2) is 53.6 Å². The molecule has 1 amide bonds. The van der Waals surface area contributed by atoms with Crippen molar-refractivity contribution in [3.8, 4) is 0 Å². The van der Waals surface area contributed by atoms with Crippen molar-refractivity contribution in [3.63, 3.8) is 0 Å². The summed E-state index contributed by atoms with van der Waals surface area (Å²) >= 11 is 5.71. The lowest BCUT2D eigenvalue weighted by atomic mass is 10.2. The van der Waals surface area contributed by atoms with Crippen molar-refractivity contribution in [1.82, 2.24) is 9.29 Å². The Morgan fingerprint density at radius 1 is 1.16 bits per heavy atom. The molecule has 0 radical (unpaired) electrons. The first-order chi connectivity index (χ1) is 14.8. The molecule has 0 spiro atoms. The highest BCUT2D eigenvalue weighted by Crippen LogP contribution is 2.18. The number of hydrogen-bond acceptors (Lipinski definition) is 7. The summed E-state index contributed by atoms with van der Waals surface area (Å²) in [6, 6.07) is 9.19. The summed E-state index contributed by atoms with van der Waals surface area (Å²) in [6.07, 6.45) is 3.99. The largest absolute Gasteiger partial charge is 0.452 e. The summed E-state index contributed by atoms with van der Waals surface area (Å²) in [7, 11) is -3.58. The third-order valence-electron chi connectivity index (χ3n) is 4.24. The minimum atomic E-state index is -3.58. The molecule has 1 fully saturated rings. The number of nitrogens with one attached hydrogen (secondary N) is 1. The molecule has 0 bridgehead atoms. The second-order valence-corrected chi connectivity index (χ2v) is 8.81. The van der Waals surface area contributed by atoms with Gasteiger partial charge in [0.25, 0.3) is 5.91 Å². The maximum atomic E-state index is 12.6. The summed E-state index contributed by atoms with van der Waals surface area (Å²) in [4.78, 5) is 27.7. The standard InChI is InChI=1S/C20H20ClN3O6S/c21-16-4-7-18(22-13-16)23-19(25)14-30-20(26)8-3-15-1-5-17(6-2-15)31(27,28)24-9-11-29-12-10-24/h1-8,13H,9-12,14H2,(H,22,23,25)/b8-3+. The number of esters is 1. The maximum absolute atomic E-state index is 12.6. The van der Waals surface area contributed by atoms with Crippen LogP contribution in [0.3, 0.4) is 0 Å². The van der Waals surface area contributed by atoms with E-state index in [0.717, 1.165) is 6.08 Å². The Morgan fingerprint density at radius 3 is 2.52 bits per heavy atom. The number of anilines is 1. The number of benzene rings is 1. The van der Waals surface area contributed by atoms with Crippen molar-refractivity contribution in [2.45, 2.75) is 4.90 Å². The zero-order valence-electron chi connectivity index (χ0n) is 16.4. The van der Waals surface area contributed by atoms with E-state index in [9.17, 15) is 18.0 Å². The third kappa shape index (κ3) is 6.59. The molecule has 31 heavy (non-hydrogen) atoms. The highest BCUT2D eigenvalue weighted by molar-refractivity contribution is 7.89. The summed E-state index contributed by atoms with van der Waals surface area (Å²) in [5.41, 5.74) is 0.604. The fourth-order valence-corrected chi connectivity index (χ4v) is 4.18. The molecule has 0 saturated carbocycles. The van der Waals surface area contributed by atoms with Crippen LogP contribution in [0.1, 0.15) is 5.56 Å². The summed E-state index contributed by atoms with van der Waals surface area (Å²) in [5.74, 6) is -0.980. The van der Waals surface area contributed by atoms with Gasteiger partial charge in [0.05, 0.1) is 23.1 Å². The lowest BCUT2D eigenvalue weighted by Crippen LogP contribution is -2.40. The molecule has 3 rings (SSSR count). The number of pyridine rings is 1. The molecule has 9 nitrogen and oxygen atoms in total. The van der Waals surface area contributed by atoms with Crippen molar-refractivity contribution in [2.75, 3.05) is 38.2 Å². The Labute approximate surface area is 184 Å². The van der Waals surface area contributed by atoms with Crippen molar-refractivity contribution in [2.24, 2.45) is 0 Å². The zero-order chi connectivity index (χ0) is 22.3. The van der Waals surface area contributed by atoms with Gasteiger partial charge in [-0.1, -0.05) is 23.7 Å². The van der Waals surface area contributed by atoms with E-state index in [-0.39, 0.29) is 10.7 Å². The number of nitrogens with zero attached hydrogens (tertiary/aromatic N) is 2.